The third-order valence-corrected chi connectivity index (χ3v) is 3.29. The summed E-state index contributed by atoms with van der Waals surface area (Å²) >= 11 is 0. The molecule has 6 heteroatoms. The van der Waals surface area contributed by atoms with Gasteiger partial charge in [-0.1, -0.05) is 0 Å². The van der Waals surface area contributed by atoms with Crippen LogP contribution in [0, 0.1) is 13.8 Å². The maximum absolute atomic E-state index is 11.3. The standard InChI is InChI=1S/C16H14N2O4/c1-9-3-4-11(18-17-9)8-21-12-5-6-14-13(7-12)15(16(19)20)10(2)22-14/h3-7H,8H2,1-2H3,(H,19,20). The fourth-order valence-electron chi connectivity index (χ4n) is 2.22. The van der Waals surface area contributed by atoms with Gasteiger partial charge < -0.3 is 14.3 Å². The Balaban J connectivity index is 1.86. The van der Waals surface area contributed by atoms with Gasteiger partial charge in [-0.2, -0.15) is 10.2 Å². The van der Waals surface area contributed by atoms with E-state index in [0.29, 0.717) is 28.2 Å². The molecule has 0 bridgehead atoms. The van der Waals surface area contributed by atoms with Crippen molar-refractivity contribution >= 4 is 16.9 Å². The molecule has 2 heterocycles. The van der Waals surface area contributed by atoms with Gasteiger partial charge in [-0.3, -0.25) is 0 Å². The molecule has 22 heavy (non-hydrogen) atoms. The Morgan fingerprint density at radius 2 is 2.05 bits per heavy atom. The number of aromatic carboxylic acids is 1. The van der Waals surface area contributed by atoms with E-state index in [4.69, 9.17) is 9.15 Å². The number of carboxylic acids is 1. The van der Waals surface area contributed by atoms with Gasteiger partial charge in [-0.25, -0.2) is 4.79 Å². The highest BCUT2D eigenvalue weighted by Gasteiger charge is 2.17. The Hall–Kier alpha value is -2.89. The van der Waals surface area contributed by atoms with Crippen LogP contribution in [0.1, 0.15) is 27.5 Å². The molecule has 2 aromatic heterocycles. The van der Waals surface area contributed by atoms with Gasteiger partial charge >= 0.3 is 5.97 Å². The zero-order chi connectivity index (χ0) is 15.7. The molecule has 0 saturated heterocycles. The Morgan fingerprint density at radius 1 is 1.23 bits per heavy atom. The van der Waals surface area contributed by atoms with Gasteiger partial charge in [0, 0.05) is 5.39 Å². The molecule has 0 atom stereocenters. The highest BCUT2D eigenvalue weighted by atomic mass is 16.5. The van der Waals surface area contributed by atoms with Gasteiger partial charge in [0.2, 0.25) is 0 Å². The maximum Gasteiger partial charge on any atom is 0.339 e. The maximum atomic E-state index is 11.3. The normalized spacial score (nSPS) is 10.8. The Bertz CT molecular complexity index is 837. The van der Waals surface area contributed by atoms with Gasteiger partial charge in [0.05, 0.1) is 5.69 Å². The minimum atomic E-state index is -1.02. The number of nitrogens with zero attached hydrogens (tertiary/aromatic N) is 2. The van der Waals surface area contributed by atoms with E-state index in [-0.39, 0.29) is 12.2 Å². The Kier molecular flexibility index (Phi) is 3.50. The van der Waals surface area contributed by atoms with Gasteiger partial charge in [0.1, 0.15) is 35.0 Å². The molecule has 0 unspecified atom stereocenters. The summed E-state index contributed by atoms with van der Waals surface area (Å²) in [5.41, 5.74) is 2.23. The van der Waals surface area contributed by atoms with Crippen molar-refractivity contribution in [3.63, 3.8) is 0 Å². The highest BCUT2D eigenvalue weighted by Crippen LogP contribution is 2.29. The molecule has 1 aromatic carbocycles. The van der Waals surface area contributed by atoms with Crippen molar-refractivity contribution < 1.29 is 19.1 Å². The lowest BCUT2D eigenvalue weighted by molar-refractivity contribution is 0.0697. The number of furan rings is 1. The van der Waals surface area contributed by atoms with E-state index in [1.165, 1.54) is 0 Å². The highest BCUT2D eigenvalue weighted by molar-refractivity contribution is 6.03. The topological polar surface area (TPSA) is 85.5 Å². The van der Waals surface area contributed by atoms with E-state index < -0.39 is 5.97 Å². The van der Waals surface area contributed by atoms with E-state index in [0.717, 1.165) is 5.69 Å². The molecule has 0 saturated carbocycles. The van der Waals surface area contributed by atoms with E-state index in [1.54, 1.807) is 25.1 Å². The second-order valence-corrected chi connectivity index (χ2v) is 4.95. The summed E-state index contributed by atoms with van der Waals surface area (Å²) < 4.78 is 11.1. The first-order valence-electron chi connectivity index (χ1n) is 6.73. The fourth-order valence-corrected chi connectivity index (χ4v) is 2.22. The molecule has 0 aliphatic heterocycles. The lowest BCUT2D eigenvalue weighted by Gasteiger charge is -2.05. The third-order valence-electron chi connectivity index (χ3n) is 3.29. The van der Waals surface area contributed by atoms with Gasteiger partial charge in [0.15, 0.2) is 0 Å². The van der Waals surface area contributed by atoms with Crippen LogP contribution in [0.15, 0.2) is 34.7 Å². The van der Waals surface area contributed by atoms with Crippen molar-refractivity contribution in [2.24, 2.45) is 0 Å². The molecule has 0 amide bonds. The largest absolute Gasteiger partial charge is 0.487 e. The van der Waals surface area contributed by atoms with Crippen molar-refractivity contribution in [2.45, 2.75) is 20.5 Å². The number of ether oxygens (including phenoxy) is 1. The lowest BCUT2D eigenvalue weighted by atomic mass is 10.1. The van der Waals surface area contributed by atoms with Crippen molar-refractivity contribution in [3.8, 4) is 5.75 Å². The minimum absolute atomic E-state index is 0.163. The predicted octanol–water partition coefficient (Wildman–Crippen LogP) is 3.12. The monoisotopic (exact) mass is 298 g/mol. The van der Waals surface area contributed by atoms with Gasteiger partial charge in [-0.05, 0) is 44.2 Å². The van der Waals surface area contributed by atoms with Crippen LogP contribution in [0.25, 0.3) is 11.0 Å². The number of hydrogen-bond acceptors (Lipinski definition) is 5. The minimum Gasteiger partial charge on any atom is -0.487 e. The summed E-state index contributed by atoms with van der Waals surface area (Å²) in [6, 6.07) is 8.79. The SMILES string of the molecule is Cc1ccc(COc2ccc3oc(C)c(C(=O)O)c3c2)nn1. The number of carboxylic acid groups (broad SMARTS) is 1. The van der Waals surface area contributed by atoms with Crippen LogP contribution in [0.5, 0.6) is 5.75 Å². The van der Waals surface area contributed by atoms with E-state index in [2.05, 4.69) is 10.2 Å². The van der Waals surface area contributed by atoms with Crippen LogP contribution in [0.4, 0.5) is 0 Å². The number of aryl methyl sites for hydroxylation is 2. The number of hydrogen-bond donors (Lipinski definition) is 1. The molecular formula is C16H14N2O4. The van der Waals surface area contributed by atoms with Crippen LogP contribution < -0.4 is 4.74 Å². The molecule has 1 N–H and O–H groups in total. The first-order chi connectivity index (χ1) is 10.5. The van der Waals surface area contributed by atoms with Crippen LogP contribution in [0.2, 0.25) is 0 Å². The first-order valence-corrected chi connectivity index (χ1v) is 6.73. The van der Waals surface area contributed by atoms with E-state index in [9.17, 15) is 9.90 Å². The number of fused-ring (bicyclic) bond motifs is 1. The first kappa shape index (κ1) is 14.1. The summed E-state index contributed by atoms with van der Waals surface area (Å²) in [5.74, 6) is -0.0833. The second kappa shape index (κ2) is 5.48. The van der Waals surface area contributed by atoms with Crippen molar-refractivity contribution in [2.75, 3.05) is 0 Å². The van der Waals surface area contributed by atoms with Gasteiger partial charge in [-0.15, -0.1) is 0 Å². The summed E-state index contributed by atoms with van der Waals surface area (Å²) in [4.78, 5) is 11.3. The predicted molar refractivity (Wildman–Crippen MR) is 79.0 cm³/mol. The number of benzene rings is 1. The molecule has 6 nitrogen and oxygen atoms in total. The molecule has 0 radical (unpaired) electrons. The number of aromatic nitrogens is 2. The lowest BCUT2D eigenvalue weighted by Crippen LogP contribution is -2.00. The van der Waals surface area contributed by atoms with E-state index >= 15 is 0 Å². The van der Waals surface area contributed by atoms with E-state index in [1.807, 2.05) is 19.1 Å². The van der Waals surface area contributed by atoms with Crippen molar-refractivity contribution in [1.82, 2.24) is 10.2 Å². The third kappa shape index (κ3) is 2.63. The summed E-state index contributed by atoms with van der Waals surface area (Å²) in [5, 5.41) is 17.8. The second-order valence-electron chi connectivity index (χ2n) is 4.95. The zero-order valence-corrected chi connectivity index (χ0v) is 12.2. The molecule has 0 fully saturated rings. The fraction of sp³-hybridized carbons (Fsp3) is 0.188. The average Bonchev–Trinajstić information content (AvgIpc) is 2.82. The Labute approximate surface area is 126 Å². The molecule has 0 aliphatic carbocycles. The van der Waals surface area contributed by atoms with Gasteiger partial charge in [0.25, 0.3) is 0 Å². The molecular weight excluding hydrogens is 284 g/mol. The average molecular weight is 298 g/mol. The molecule has 3 rings (SSSR count). The number of carbonyl (C=O) groups is 1. The molecule has 0 aliphatic rings. The van der Waals surface area contributed by atoms with Crippen LogP contribution in [-0.4, -0.2) is 21.3 Å². The summed E-state index contributed by atoms with van der Waals surface area (Å²) in [7, 11) is 0. The summed E-state index contributed by atoms with van der Waals surface area (Å²) in [6.45, 7) is 3.75. The molecule has 112 valence electrons. The molecule has 0 spiro atoms. The van der Waals surface area contributed by atoms with Crippen LogP contribution in [0.3, 0.4) is 0 Å². The van der Waals surface area contributed by atoms with Crippen LogP contribution >= 0.6 is 0 Å². The zero-order valence-electron chi connectivity index (χ0n) is 12.2. The van der Waals surface area contributed by atoms with Crippen molar-refractivity contribution in [1.29, 1.82) is 0 Å². The number of rotatable bonds is 4. The Morgan fingerprint density at radius 3 is 2.73 bits per heavy atom. The molecule has 3 aromatic rings. The quantitative estimate of drug-likeness (QED) is 0.796. The van der Waals surface area contributed by atoms with Crippen LogP contribution in [-0.2, 0) is 6.61 Å². The summed E-state index contributed by atoms with van der Waals surface area (Å²) in [6.07, 6.45) is 0. The van der Waals surface area contributed by atoms with Crippen molar-refractivity contribution in [3.05, 3.63) is 53.0 Å². The smallest absolute Gasteiger partial charge is 0.339 e.